The molecule has 0 radical (unpaired) electrons. The lowest BCUT2D eigenvalue weighted by Gasteiger charge is -2.12. The SMILES string of the molecule is Cc1ccc(Nc2c(-c3ccccc3O)nc3ccc(Cl)cn23)c(Br)c1. The number of benzene rings is 2. The van der Waals surface area contributed by atoms with E-state index >= 15 is 0 Å². The molecule has 0 bridgehead atoms. The van der Waals surface area contributed by atoms with E-state index in [1.54, 1.807) is 24.4 Å². The van der Waals surface area contributed by atoms with E-state index in [4.69, 9.17) is 16.6 Å². The minimum atomic E-state index is 0.174. The quantitative estimate of drug-likeness (QED) is 0.410. The van der Waals surface area contributed by atoms with Gasteiger partial charge in [-0.2, -0.15) is 0 Å². The number of hydrogen-bond donors (Lipinski definition) is 2. The summed E-state index contributed by atoms with van der Waals surface area (Å²) in [5, 5.41) is 14.3. The molecule has 0 aliphatic carbocycles. The fourth-order valence-corrected chi connectivity index (χ4v) is 3.60. The third-order valence-corrected chi connectivity index (χ3v) is 5.00. The van der Waals surface area contributed by atoms with E-state index in [1.165, 1.54) is 0 Å². The second kappa shape index (κ2) is 6.67. The van der Waals surface area contributed by atoms with Crippen molar-refractivity contribution in [3.8, 4) is 17.0 Å². The van der Waals surface area contributed by atoms with Crippen LogP contribution in [-0.2, 0) is 0 Å². The average molecular weight is 429 g/mol. The van der Waals surface area contributed by atoms with E-state index < -0.39 is 0 Å². The number of imidazole rings is 1. The van der Waals surface area contributed by atoms with Crippen molar-refractivity contribution in [2.24, 2.45) is 0 Å². The standard InChI is InChI=1S/C20H15BrClN3O/c1-12-6-8-16(15(21)10-12)23-20-19(14-4-2-3-5-17(14)26)24-18-9-7-13(22)11-25(18)20/h2-11,23,26H,1H3. The van der Waals surface area contributed by atoms with Crippen LogP contribution in [0.2, 0.25) is 5.02 Å². The largest absolute Gasteiger partial charge is 0.507 e. The molecule has 0 aliphatic rings. The highest BCUT2D eigenvalue weighted by Gasteiger charge is 2.18. The number of phenolic OH excluding ortho intramolecular Hbond substituents is 1. The normalized spacial score (nSPS) is 11.0. The molecule has 0 aliphatic heterocycles. The second-order valence-electron chi connectivity index (χ2n) is 6.01. The Kier molecular flexibility index (Phi) is 4.34. The first-order valence-electron chi connectivity index (χ1n) is 8.02. The van der Waals surface area contributed by atoms with Crippen LogP contribution in [0.3, 0.4) is 0 Å². The molecule has 0 amide bonds. The number of hydrogen-bond acceptors (Lipinski definition) is 3. The third kappa shape index (κ3) is 3.04. The molecule has 2 N–H and O–H groups in total. The summed E-state index contributed by atoms with van der Waals surface area (Å²) in [6, 6.07) is 16.9. The Morgan fingerprint density at radius 2 is 1.92 bits per heavy atom. The summed E-state index contributed by atoms with van der Waals surface area (Å²) in [4.78, 5) is 4.69. The number of anilines is 2. The van der Waals surface area contributed by atoms with Gasteiger partial charge in [-0.25, -0.2) is 4.98 Å². The van der Waals surface area contributed by atoms with Crippen molar-refractivity contribution in [2.45, 2.75) is 6.92 Å². The van der Waals surface area contributed by atoms with Gasteiger partial charge in [0.15, 0.2) is 0 Å². The number of aromatic hydroxyl groups is 1. The van der Waals surface area contributed by atoms with Gasteiger partial charge in [0.25, 0.3) is 0 Å². The summed E-state index contributed by atoms with van der Waals surface area (Å²) in [5.41, 5.74) is 4.09. The highest BCUT2D eigenvalue weighted by molar-refractivity contribution is 9.10. The molecule has 4 aromatic rings. The lowest BCUT2D eigenvalue weighted by Crippen LogP contribution is -1.98. The van der Waals surface area contributed by atoms with E-state index in [-0.39, 0.29) is 5.75 Å². The molecule has 0 fully saturated rings. The van der Waals surface area contributed by atoms with Crippen molar-refractivity contribution < 1.29 is 5.11 Å². The van der Waals surface area contributed by atoms with Crippen LogP contribution in [0, 0.1) is 6.92 Å². The van der Waals surface area contributed by atoms with Crippen LogP contribution in [-0.4, -0.2) is 14.5 Å². The fraction of sp³-hybridized carbons (Fsp3) is 0.0500. The molecule has 4 nitrogen and oxygen atoms in total. The molecule has 0 unspecified atom stereocenters. The van der Waals surface area contributed by atoms with E-state index in [0.29, 0.717) is 16.3 Å². The molecular weight excluding hydrogens is 414 g/mol. The number of aromatic nitrogens is 2. The molecule has 0 spiro atoms. The minimum Gasteiger partial charge on any atom is -0.507 e. The lowest BCUT2D eigenvalue weighted by molar-refractivity contribution is 0.477. The van der Waals surface area contributed by atoms with Crippen molar-refractivity contribution in [3.05, 3.63) is 75.9 Å². The molecule has 2 aromatic heterocycles. The van der Waals surface area contributed by atoms with Gasteiger partial charge in [-0.15, -0.1) is 0 Å². The molecule has 130 valence electrons. The number of halogens is 2. The summed E-state index contributed by atoms with van der Waals surface area (Å²) in [6.45, 7) is 2.04. The molecule has 26 heavy (non-hydrogen) atoms. The Balaban J connectivity index is 1.95. The van der Waals surface area contributed by atoms with Crippen LogP contribution in [0.15, 0.2) is 65.3 Å². The predicted octanol–water partition coefficient (Wildman–Crippen LogP) is 6.17. The highest BCUT2D eigenvalue weighted by Crippen LogP contribution is 2.37. The molecule has 0 saturated heterocycles. The monoisotopic (exact) mass is 427 g/mol. The van der Waals surface area contributed by atoms with Crippen LogP contribution in [0.25, 0.3) is 16.9 Å². The van der Waals surface area contributed by atoms with Crippen LogP contribution in [0.5, 0.6) is 5.75 Å². The van der Waals surface area contributed by atoms with Crippen molar-refractivity contribution in [1.29, 1.82) is 0 Å². The lowest BCUT2D eigenvalue weighted by atomic mass is 10.1. The zero-order valence-electron chi connectivity index (χ0n) is 13.9. The maximum absolute atomic E-state index is 10.3. The number of phenols is 1. The Morgan fingerprint density at radius 3 is 2.69 bits per heavy atom. The summed E-state index contributed by atoms with van der Waals surface area (Å²) < 4.78 is 2.83. The van der Waals surface area contributed by atoms with Crippen molar-refractivity contribution in [3.63, 3.8) is 0 Å². The van der Waals surface area contributed by atoms with E-state index in [9.17, 15) is 5.11 Å². The number of pyridine rings is 1. The number of nitrogens with zero attached hydrogens (tertiary/aromatic N) is 2. The van der Waals surface area contributed by atoms with Gasteiger partial charge in [0, 0.05) is 16.2 Å². The number of aryl methyl sites for hydroxylation is 1. The van der Waals surface area contributed by atoms with Crippen LogP contribution in [0.1, 0.15) is 5.56 Å². The van der Waals surface area contributed by atoms with Crippen molar-refractivity contribution in [2.75, 3.05) is 5.32 Å². The number of para-hydroxylation sites is 1. The van der Waals surface area contributed by atoms with Gasteiger partial charge in [0.2, 0.25) is 0 Å². The molecular formula is C20H15BrClN3O. The van der Waals surface area contributed by atoms with Crippen LogP contribution in [0.4, 0.5) is 11.5 Å². The Labute approximate surface area is 164 Å². The average Bonchev–Trinajstić information content (AvgIpc) is 2.95. The molecule has 2 aromatic carbocycles. The first-order chi connectivity index (χ1) is 12.5. The maximum atomic E-state index is 10.3. The Morgan fingerprint density at radius 1 is 1.12 bits per heavy atom. The fourth-order valence-electron chi connectivity index (χ4n) is 2.85. The van der Waals surface area contributed by atoms with Gasteiger partial charge >= 0.3 is 0 Å². The van der Waals surface area contributed by atoms with E-state index in [2.05, 4.69) is 21.2 Å². The smallest absolute Gasteiger partial charge is 0.143 e. The predicted molar refractivity (Wildman–Crippen MR) is 109 cm³/mol. The van der Waals surface area contributed by atoms with Gasteiger partial charge in [0.05, 0.1) is 10.7 Å². The van der Waals surface area contributed by atoms with E-state index in [0.717, 1.165) is 27.2 Å². The summed E-state index contributed by atoms with van der Waals surface area (Å²) >= 11 is 9.80. The summed E-state index contributed by atoms with van der Waals surface area (Å²) in [6.07, 6.45) is 1.80. The number of nitrogens with one attached hydrogen (secondary N) is 1. The summed E-state index contributed by atoms with van der Waals surface area (Å²) in [5.74, 6) is 0.904. The minimum absolute atomic E-state index is 0.174. The molecule has 4 rings (SSSR count). The Hall–Kier alpha value is -2.50. The van der Waals surface area contributed by atoms with Gasteiger partial charge in [-0.1, -0.05) is 29.8 Å². The molecule has 0 saturated carbocycles. The Bertz CT molecular complexity index is 1120. The first-order valence-corrected chi connectivity index (χ1v) is 9.19. The van der Waals surface area contributed by atoms with Gasteiger partial charge in [-0.05, 0) is 64.8 Å². The first kappa shape index (κ1) is 16.9. The van der Waals surface area contributed by atoms with Crippen molar-refractivity contribution >= 4 is 44.7 Å². The van der Waals surface area contributed by atoms with Gasteiger partial charge < -0.3 is 10.4 Å². The zero-order chi connectivity index (χ0) is 18.3. The van der Waals surface area contributed by atoms with Gasteiger partial charge in [-0.3, -0.25) is 4.40 Å². The summed E-state index contributed by atoms with van der Waals surface area (Å²) in [7, 11) is 0. The zero-order valence-corrected chi connectivity index (χ0v) is 16.2. The van der Waals surface area contributed by atoms with Crippen LogP contribution >= 0.6 is 27.5 Å². The second-order valence-corrected chi connectivity index (χ2v) is 7.30. The van der Waals surface area contributed by atoms with Gasteiger partial charge in [0.1, 0.15) is 22.9 Å². The van der Waals surface area contributed by atoms with Crippen molar-refractivity contribution in [1.82, 2.24) is 9.38 Å². The number of fused-ring (bicyclic) bond motifs is 1. The number of rotatable bonds is 3. The van der Waals surface area contributed by atoms with E-state index in [1.807, 2.05) is 47.7 Å². The molecule has 2 heterocycles. The molecule has 6 heteroatoms. The third-order valence-electron chi connectivity index (χ3n) is 4.12. The van der Waals surface area contributed by atoms with Crippen LogP contribution < -0.4 is 5.32 Å². The molecule has 0 atom stereocenters. The highest BCUT2D eigenvalue weighted by atomic mass is 79.9. The topological polar surface area (TPSA) is 49.6 Å². The maximum Gasteiger partial charge on any atom is 0.143 e.